The summed E-state index contributed by atoms with van der Waals surface area (Å²) in [6.45, 7) is 6.58. The van der Waals surface area contributed by atoms with Gasteiger partial charge in [0, 0.05) is 31.5 Å². The topological polar surface area (TPSA) is 49.4 Å². The van der Waals surface area contributed by atoms with E-state index in [1.165, 1.54) is 19.1 Å². The van der Waals surface area contributed by atoms with Crippen LogP contribution in [-0.4, -0.2) is 35.8 Å². The normalized spacial score (nSPS) is 21.3. The molecule has 1 aromatic rings. The van der Waals surface area contributed by atoms with Crippen molar-refractivity contribution in [3.05, 3.63) is 34.6 Å². The summed E-state index contributed by atoms with van der Waals surface area (Å²) >= 11 is 5.64. The van der Waals surface area contributed by atoms with Gasteiger partial charge < -0.3 is 10.2 Å². The molecule has 0 unspecified atom stereocenters. The fraction of sp³-hybridized carbons (Fsp3) is 0.500. The molecule has 1 aliphatic heterocycles. The van der Waals surface area contributed by atoms with Gasteiger partial charge in [-0.05, 0) is 24.1 Å². The first-order valence-electron chi connectivity index (χ1n) is 7.31. The van der Waals surface area contributed by atoms with Gasteiger partial charge in [0.1, 0.15) is 5.82 Å². The van der Waals surface area contributed by atoms with Crippen molar-refractivity contribution in [2.24, 2.45) is 11.8 Å². The van der Waals surface area contributed by atoms with Crippen molar-refractivity contribution in [1.29, 1.82) is 0 Å². The second-order valence-electron chi connectivity index (χ2n) is 6.05. The van der Waals surface area contributed by atoms with Crippen molar-refractivity contribution in [2.45, 2.75) is 26.8 Å². The molecular formula is C16H20ClFN2O2. The molecule has 120 valence electrons. The number of nitrogens with one attached hydrogen (secondary N) is 1. The lowest BCUT2D eigenvalue weighted by atomic mass is 9.91. The third kappa shape index (κ3) is 3.58. The van der Waals surface area contributed by atoms with Crippen molar-refractivity contribution >= 4 is 23.4 Å². The number of benzene rings is 1. The van der Waals surface area contributed by atoms with Crippen LogP contribution in [0, 0.1) is 17.7 Å². The van der Waals surface area contributed by atoms with Crippen LogP contribution in [0.4, 0.5) is 4.39 Å². The summed E-state index contributed by atoms with van der Waals surface area (Å²) in [5.74, 6) is -0.441. The molecule has 6 heteroatoms. The Hall–Kier alpha value is -1.62. The molecule has 0 radical (unpaired) electrons. The smallest absolute Gasteiger partial charge is 0.254 e. The molecule has 0 aliphatic carbocycles. The van der Waals surface area contributed by atoms with Gasteiger partial charge in [-0.2, -0.15) is 0 Å². The highest BCUT2D eigenvalue weighted by atomic mass is 35.5. The second kappa shape index (κ2) is 6.65. The molecule has 2 atom stereocenters. The number of hydrogen-bond donors (Lipinski definition) is 1. The summed E-state index contributed by atoms with van der Waals surface area (Å²) in [7, 11) is 0. The third-order valence-electron chi connectivity index (χ3n) is 4.06. The van der Waals surface area contributed by atoms with Gasteiger partial charge in [0.15, 0.2) is 0 Å². The Morgan fingerprint density at radius 1 is 1.36 bits per heavy atom. The summed E-state index contributed by atoms with van der Waals surface area (Å²) in [5, 5.41) is 2.90. The molecule has 0 spiro atoms. The minimum Gasteiger partial charge on any atom is -0.351 e. The number of halogens is 2. The first-order valence-corrected chi connectivity index (χ1v) is 7.68. The fourth-order valence-electron chi connectivity index (χ4n) is 2.90. The van der Waals surface area contributed by atoms with Crippen LogP contribution in [0.3, 0.4) is 0 Å². The predicted molar refractivity (Wildman–Crippen MR) is 83.2 cm³/mol. The number of likely N-dealkylation sites (tertiary alicyclic amines) is 1. The zero-order chi connectivity index (χ0) is 16.4. The van der Waals surface area contributed by atoms with Crippen LogP contribution >= 0.6 is 11.6 Å². The molecule has 0 saturated carbocycles. The zero-order valence-corrected chi connectivity index (χ0v) is 13.7. The first-order chi connectivity index (χ1) is 10.3. The largest absolute Gasteiger partial charge is 0.351 e. The molecule has 1 saturated heterocycles. The van der Waals surface area contributed by atoms with Crippen molar-refractivity contribution in [1.82, 2.24) is 10.2 Å². The molecule has 1 heterocycles. The summed E-state index contributed by atoms with van der Waals surface area (Å²) in [6.07, 6.45) is 0. The van der Waals surface area contributed by atoms with Gasteiger partial charge in [0.2, 0.25) is 5.91 Å². The Kier molecular flexibility index (Phi) is 5.06. The van der Waals surface area contributed by atoms with E-state index >= 15 is 0 Å². The molecule has 2 amide bonds. The van der Waals surface area contributed by atoms with Crippen LogP contribution < -0.4 is 5.32 Å². The number of nitrogens with zero attached hydrogens (tertiary/aromatic N) is 1. The van der Waals surface area contributed by atoms with Gasteiger partial charge in [-0.1, -0.05) is 25.4 Å². The van der Waals surface area contributed by atoms with Crippen LogP contribution in [0.2, 0.25) is 5.02 Å². The van der Waals surface area contributed by atoms with E-state index in [2.05, 4.69) is 19.2 Å². The first kappa shape index (κ1) is 16.7. The number of amides is 2. The van der Waals surface area contributed by atoms with Crippen molar-refractivity contribution in [2.75, 3.05) is 13.1 Å². The number of hydrogen-bond acceptors (Lipinski definition) is 2. The maximum atomic E-state index is 13.5. The molecular weight excluding hydrogens is 307 g/mol. The van der Waals surface area contributed by atoms with Crippen LogP contribution in [0.15, 0.2) is 18.2 Å². The van der Waals surface area contributed by atoms with Gasteiger partial charge >= 0.3 is 0 Å². The highest BCUT2D eigenvalue weighted by Crippen LogP contribution is 2.26. The Morgan fingerprint density at radius 3 is 2.59 bits per heavy atom. The summed E-state index contributed by atoms with van der Waals surface area (Å²) in [5.41, 5.74) is 0.271. The van der Waals surface area contributed by atoms with Crippen molar-refractivity contribution in [3.63, 3.8) is 0 Å². The van der Waals surface area contributed by atoms with Gasteiger partial charge in [-0.15, -0.1) is 0 Å². The van der Waals surface area contributed by atoms with Crippen LogP contribution in [0.1, 0.15) is 31.1 Å². The second-order valence-corrected chi connectivity index (χ2v) is 6.46. The predicted octanol–water partition coefficient (Wildman–Crippen LogP) is 2.71. The monoisotopic (exact) mass is 326 g/mol. The Morgan fingerprint density at radius 2 is 2.05 bits per heavy atom. The molecule has 0 bridgehead atoms. The van der Waals surface area contributed by atoms with Gasteiger partial charge in [-0.3, -0.25) is 9.59 Å². The van der Waals surface area contributed by atoms with E-state index in [9.17, 15) is 14.0 Å². The van der Waals surface area contributed by atoms with Crippen LogP contribution in [0.5, 0.6) is 0 Å². The molecule has 22 heavy (non-hydrogen) atoms. The average Bonchev–Trinajstić information content (AvgIpc) is 2.84. The van der Waals surface area contributed by atoms with Crippen LogP contribution in [0.25, 0.3) is 0 Å². The number of rotatable bonds is 3. The maximum absolute atomic E-state index is 13.5. The van der Waals surface area contributed by atoms with E-state index in [0.717, 1.165) is 6.07 Å². The van der Waals surface area contributed by atoms with Crippen LogP contribution in [-0.2, 0) is 4.79 Å². The van der Waals surface area contributed by atoms with E-state index in [1.54, 1.807) is 4.90 Å². The molecule has 0 aromatic heterocycles. The van der Waals surface area contributed by atoms with Gasteiger partial charge in [0.25, 0.3) is 5.91 Å². The SMILES string of the molecule is CC(=O)N[C@@H]1CN(C(=O)c2ccc(Cl)c(F)c2)C[C@H]1C(C)C. The van der Waals surface area contributed by atoms with Gasteiger partial charge in [0.05, 0.1) is 11.1 Å². The minimum atomic E-state index is -0.606. The van der Waals surface area contributed by atoms with Crippen molar-refractivity contribution < 1.29 is 14.0 Å². The van der Waals surface area contributed by atoms with Gasteiger partial charge in [-0.25, -0.2) is 4.39 Å². The fourth-order valence-corrected chi connectivity index (χ4v) is 3.01. The number of carbonyl (C=O) groups excluding carboxylic acids is 2. The summed E-state index contributed by atoms with van der Waals surface area (Å²) in [4.78, 5) is 25.5. The van der Waals surface area contributed by atoms with E-state index in [0.29, 0.717) is 19.0 Å². The molecule has 1 fully saturated rings. The Bertz CT molecular complexity index is 592. The Balaban J connectivity index is 2.16. The lowest BCUT2D eigenvalue weighted by Crippen LogP contribution is -2.41. The highest BCUT2D eigenvalue weighted by molar-refractivity contribution is 6.30. The third-order valence-corrected chi connectivity index (χ3v) is 4.37. The molecule has 1 aromatic carbocycles. The molecule has 2 rings (SSSR count). The maximum Gasteiger partial charge on any atom is 0.254 e. The minimum absolute atomic E-state index is 0.00542. The quantitative estimate of drug-likeness (QED) is 0.928. The van der Waals surface area contributed by atoms with E-state index in [4.69, 9.17) is 11.6 Å². The molecule has 1 aliphatic rings. The molecule has 1 N–H and O–H groups in total. The standard InChI is InChI=1S/C16H20ClFN2O2/c1-9(2)12-7-20(8-15(12)19-10(3)21)16(22)11-4-5-13(17)14(18)6-11/h4-6,9,12,15H,7-8H2,1-3H3,(H,19,21)/t12-,15+/m0/s1. The number of carbonyl (C=O) groups is 2. The highest BCUT2D eigenvalue weighted by Gasteiger charge is 2.37. The summed E-state index contributed by atoms with van der Waals surface area (Å²) < 4.78 is 13.5. The average molecular weight is 327 g/mol. The summed E-state index contributed by atoms with van der Waals surface area (Å²) in [6, 6.07) is 3.98. The van der Waals surface area contributed by atoms with E-state index < -0.39 is 5.82 Å². The lowest BCUT2D eigenvalue weighted by molar-refractivity contribution is -0.119. The van der Waals surface area contributed by atoms with E-state index in [1.807, 2.05) is 0 Å². The lowest BCUT2D eigenvalue weighted by Gasteiger charge is -2.21. The Labute approximate surface area is 134 Å². The van der Waals surface area contributed by atoms with Crippen molar-refractivity contribution in [3.8, 4) is 0 Å². The van der Waals surface area contributed by atoms with E-state index in [-0.39, 0.29) is 34.4 Å². The zero-order valence-electron chi connectivity index (χ0n) is 12.9. The molecule has 4 nitrogen and oxygen atoms in total.